The molecule has 7 heteroatoms. The molecule has 1 aliphatic heterocycles. The summed E-state index contributed by atoms with van der Waals surface area (Å²) in [4.78, 5) is 13.2. The first-order chi connectivity index (χ1) is 16.1. The van der Waals surface area contributed by atoms with Gasteiger partial charge in [0.2, 0.25) is 0 Å². The molecule has 168 valence electrons. The number of ketones is 1. The summed E-state index contributed by atoms with van der Waals surface area (Å²) in [5, 5.41) is 11.8. The summed E-state index contributed by atoms with van der Waals surface area (Å²) in [5.74, 6) is 0.802. The van der Waals surface area contributed by atoms with Gasteiger partial charge in [0.1, 0.15) is 12.4 Å². The third-order valence-electron chi connectivity index (χ3n) is 5.81. The third kappa shape index (κ3) is 4.15. The molecule has 4 rings (SSSR count). The van der Waals surface area contributed by atoms with Crippen molar-refractivity contribution in [2.24, 2.45) is 5.73 Å². The lowest BCUT2D eigenvalue weighted by Gasteiger charge is -2.39. The Morgan fingerprint density at radius 2 is 2.03 bits per heavy atom. The molecule has 2 aromatic rings. The zero-order chi connectivity index (χ0) is 23.4. The molecular formula is C26H26N4O3. The summed E-state index contributed by atoms with van der Waals surface area (Å²) in [7, 11) is 1.55. The Kier molecular flexibility index (Phi) is 6.36. The summed E-state index contributed by atoms with van der Waals surface area (Å²) >= 11 is 0. The number of nitrogens with zero attached hydrogens (tertiary/aromatic N) is 2. The number of allylic oxidation sites excluding steroid dienone is 3. The van der Waals surface area contributed by atoms with E-state index in [1.165, 1.54) is 0 Å². The maximum absolute atomic E-state index is 13.2. The number of nitriles is 1. The van der Waals surface area contributed by atoms with Crippen LogP contribution in [0.5, 0.6) is 11.5 Å². The summed E-state index contributed by atoms with van der Waals surface area (Å²) < 4.78 is 11.2. The lowest BCUT2D eigenvalue weighted by Crippen LogP contribution is -2.41. The number of nitrogens with one attached hydrogen (secondary N) is 1. The average molecular weight is 443 g/mol. The molecule has 0 amide bonds. The number of hydrogen-bond acceptors (Lipinski definition) is 7. The summed E-state index contributed by atoms with van der Waals surface area (Å²) in [6.07, 6.45) is 3.49. The Morgan fingerprint density at radius 1 is 1.24 bits per heavy atom. The van der Waals surface area contributed by atoms with Gasteiger partial charge in [0.25, 0.3) is 0 Å². The molecular weight excluding hydrogens is 416 g/mol. The van der Waals surface area contributed by atoms with Gasteiger partial charge in [-0.1, -0.05) is 36.9 Å². The molecule has 0 bridgehead atoms. The van der Waals surface area contributed by atoms with Crippen LogP contribution in [0.25, 0.3) is 0 Å². The van der Waals surface area contributed by atoms with Gasteiger partial charge in [-0.05, 0) is 42.7 Å². The second-order valence-electron chi connectivity index (χ2n) is 7.80. The number of benzene rings is 2. The summed E-state index contributed by atoms with van der Waals surface area (Å²) in [6, 6.07) is 17.2. The molecule has 0 saturated heterocycles. The molecule has 33 heavy (non-hydrogen) atoms. The fourth-order valence-electron chi connectivity index (χ4n) is 4.32. The predicted octanol–water partition coefficient (Wildman–Crippen LogP) is 4.39. The lowest BCUT2D eigenvalue weighted by atomic mass is 9.76. The minimum absolute atomic E-state index is 0.0207. The number of nitrogens with two attached hydrogens (primary N) is 1. The number of hydrogen-bond donors (Lipinski definition) is 2. The molecule has 1 aliphatic carbocycles. The fourth-order valence-corrected chi connectivity index (χ4v) is 4.32. The van der Waals surface area contributed by atoms with Gasteiger partial charge in [-0.25, -0.2) is 5.01 Å². The molecule has 0 saturated carbocycles. The van der Waals surface area contributed by atoms with Crippen LogP contribution in [0.3, 0.4) is 0 Å². The van der Waals surface area contributed by atoms with E-state index in [0.717, 1.165) is 23.4 Å². The second-order valence-corrected chi connectivity index (χ2v) is 7.80. The molecule has 0 spiro atoms. The van der Waals surface area contributed by atoms with Gasteiger partial charge >= 0.3 is 0 Å². The van der Waals surface area contributed by atoms with Gasteiger partial charge in [-0.3, -0.25) is 10.2 Å². The van der Waals surface area contributed by atoms with E-state index in [1.54, 1.807) is 30.3 Å². The number of anilines is 1. The van der Waals surface area contributed by atoms with Crippen molar-refractivity contribution in [3.8, 4) is 17.6 Å². The summed E-state index contributed by atoms with van der Waals surface area (Å²) in [5.41, 5.74) is 13.1. The molecule has 7 nitrogen and oxygen atoms in total. The van der Waals surface area contributed by atoms with E-state index in [2.05, 4.69) is 18.1 Å². The van der Waals surface area contributed by atoms with E-state index in [1.807, 2.05) is 36.4 Å². The van der Waals surface area contributed by atoms with Crippen LogP contribution in [-0.2, 0) is 4.79 Å². The Hall–Kier alpha value is -4.18. The largest absolute Gasteiger partial charge is 0.493 e. The molecule has 2 aliphatic rings. The van der Waals surface area contributed by atoms with Crippen LogP contribution in [0.2, 0.25) is 0 Å². The van der Waals surface area contributed by atoms with Gasteiger partial charge < -0.3 is 15.2 Å². The Morgan fingerprint density at radius 3 is 2.73 bits per heavy atom. The van der Waals surface area contributed by atoms with Gasteiger partial charge in [0, 0.05) is 17.7 Å². The maximum atomic E-state index is 13.2. The second kappa shape index (κ2) is 9.53. The average Bonchev–Trinajstić information content (AvgIpc) is 2.85. The third-order valence-corrected chi connectivity index (χ3v) is 5.81. The standard InChI is InChI=1S/C26H26N4O3/c1-3-14-33-22-13-12-17(15-23(22)32-2)24-19(16-27)26(28)30(29-18-8-5-4-6-9-18)20-10-7-11-21(31)25(20)24/h3-6,8-9,12-13,15,24,29H,1,7,10-11,14,28H2,2H3/t24-/m0/s1. The molecule has 3 N–H and O–H groups in total. The Balaban J connectivity index is 1.83. The van der Waals surface area contributed by atoms with Gasteiger partial charge in [0.05, 0.1) is 30.4 Å². The van der Waals surface area contributed by atoms with Crippen LogP contribution in [0.4, 0.5) is 5.69 Å². The Labute approximate surface area is 193 Å². The zero-order valence-corrected chi connectivity index (χ0v) is 18.5. The van der Waals surface area contributed by atoms with Crippen LogP contribution >= 0.6 is 0 Å². The number of carbonyl (C=O) groups is 1. The molecule has 0 radical (unpaired) electrons. The van der Waals surface area contributed by atoms with E-state index in [9.17, 15) is 10.1 Å². The number of carbonyl (C=O) groups excluding carboxylic acids is 1. The molecule has 0 unspecified atom stereocenters. The predicted molar refractivity (Wildman–Crippen MR) is 126 cm³/mol. The van der Waals surface area contributed by atoms with Crippen LogP contribution in [-0.4, -0.2) is 24.5 Å². The number of hydrazine groups is 1. The SMILES string of the molecule is C=CCOc1ccc([C@H]2C(C#N)=C(N)N(Nc3ccccc3)C3=C2C(=O)CCC3)cc1OC. The number of rotatable bonds is 7. The minimum Gasteiger partial charge on any atom is -0.493 e. The highest BCUT2D eigenvalue weighted by molar-refractivity contribution is 6.00. The molecule has 1 heterocycles. The van der Waals surface area contributed by atoms with Crippen LogP contribution in [0.1, 0.15) is 30.7 Å². The van der Waals surface area contributed by atoms with Crippen molar-refractivity contribution in [3.05, 3.63) is 89.4 Å². The first kappa shape index (κ1) is 22.0. The monoisotopic (exact) mass is 442 g/mol. The minimum atomic E-state index is -0.575. The van der Waals surface area contributed by atoms with Crippen LogP contribution in [0.15, 0.2) is 83.9 Å². The van der Waals surface area contributed by atoms with E-state index in [4.69, 9.17) is 15.2 Å². The summed E-state index contributed by atoms with van der Waals surface area (Å²) in [6.45, 7) is 4.00. The van der Waals surface area contributed by atoms with Crippen molar-refractivity contribution in [2.75, 3.05) is 19.1 Å². The first-order valence-corrected chi connectivity index (χ1v) is 10.8. The Bertz CT molecular complexity index is 1180. The highest BCUT2D eigenvalue weighted by Crippen LogP contribution is 2.46. The van der Waals surface area contributed by atoms with Crippen LogP contribution < -0.4 is 20.6 Å². The zero-order valence-electron chi connectivity index (χ0n) is 18.5. The molecule has 1 atom stereocenters. The quantitative estimate of drug-likeness (QED) is 0.614. The number of Topliss-reactive ketones (excluding diaryl/α,β-unsaturated/α-hetero) is 1. The number of ether oxygens (including phenoxy) is 2. The van der Waals surface area contributed by atoms with Crippen molar-refractivity contribution >= 4 is 11.5 Å². The highest BCUT2D eigenvalue weighted by Gasteiger charge is 2.40. The van der Waals surface area contributed by atoms with Gasteiger partial charge in [-0.15, -0.1) is 0 Å². The fraction of sp³-hybridized carbons (Fsp3) is 0.231. The molecule has 0 aromatic heterocycles. The molecule has 2 aromatic carbocycles. The van der Waals surface area contributed by atoms with Crippen molar-refractivity contribution in [2.45, 2.75) is 25.2 Å². The van der Waals surface area contributed by atoms with E-state index in [0.29, 0.717) is 42.1 Å². The molecule has 0 fully saturated rings. The van der Waals surface area contributed by atoms with Crippen molar-refractivity contribution in [1.82, 2.24) is 5.01 Å². The lowest BCUT2D eigenvalue weighted by molar-refractivity contribution is -0.116. The highest BCUT2D eigenvalue weighted by atomic mass is 16.5. The van der Waals surface area contributed by atoms with E-state index in [-0.39, 0.29) is 11.6 Å². The maximum Gasteiger partial charge on any atom is 0.161 e. The van der Waals surface area contributed by atoms with Crippen molar-refractivity contribution in [3.63, 3.8) is 0 Å². The van der Waals surface area contributed by atoms with E-state index < -0.39 is 5.92 Å². The normalized spacial score (nSPS) is 17.9. The topological polar surface area (TPSA) is 101 Å². The number of methoxy groups -OCH3 is 1. The van der Waals surface area contributed by atoms with E-state index >= 15 is 0 Å². The first-order valence-electron chi connectivity index (χ1n) is 10.8. The van der Waals surface area contributed by atoms with Crippen molar-refractivity contribution < 1.29 is 14.3 Å². The number of para-hydroxylation sites is 1. The van der Waals surface area contributed by atoms with Crippen molar-refractivity contribution in [1.29, 1.82) is 5.26 Å². The smallest absolute Gasteiger partial charge is 0.161 e. The van der Waals surface area contributed by atoms with Gasteiger partial charge in [0.15, 0.2) is 17.3 Å². The van der Waals surface area contributed by atoms with Crippen LogP contribution in [0, 0.1) is 11.3 Å². The van der Waals surface area contributed by atoms with Gasteiger partial charge in [-0.2, -0.15) is 5.26 Å².